The summed E-state index contributed by atoms with van der Waals surface area (Å²) >= 11 is 1.57. The minimum Gasteiger partial charge on any atom is -0.350 e. The molecule has 4 aromatic rings. The lowest BCUT2D eigenvalue weighted by Gasteiger charge is -2.16. The van der Waals surface area contributed by atoms with E-state index in [0.29, 0.717) is 31.0 Å². The number of carbonyl (C=O) groups excluding carboxylic acids is 1. The maximum Gasteiger partial charge on any atom is 0.226 e. The highest BCUT2D eigenvalue weighted by Gasteiger charge is 2.13. The summed E-state index contributed by atoms with van der Waals surface area (Å²) in [5, 5.41) is 11.4. The van der Waals surface area contributed by atoms with Gasteiger partial charge in [0.25, 0.3) is 0 Å². The van der Waals surface area contributed by atoms with E-state index in [0.717, 1.165) is 10.4 Å². The molecule has 0 radical (unpaired) electrons. The molecule has 0 saturated heterocycles. The number of aromatic nitrogens is 2. The van der Waals surface area contributed by atoms with Crippen LogP contribution in [0, 0.1) is 0 Å². The van der Waals surface area contributed by atoms with Crippen LogP contribution in [0.3, 0.4) is 0 Å². The smallest absolute Gasteiger partial charge is 0.226 e. The van der Waals surface area contributed by atoms with Gasteiger partial charge in [-0.05, 0) is 41.1 Å². The van der Waals surface area contributed by atoms with Gasteiger partial charge in [0, 0.05) is 12.8 Å². The van der Waals surface area contributed by atoms with Gasteiger partial charge in [0.2, 0.25) is 17.6 Å². The molecule has 2 heterocycles. The number of thiophene rings is 1. The highest BCUT2D eigenvalue weighted by atomic mass is 32.1. The minimum atomic E-state index is -0.0487. The van der Waals surface area contributed by atoms with Crippen LogP contribution in [0.15, 0.2) is 64.5 Å². The Bertz CT molecular complexity index is 1070. The molecule has 4 rings (SSSR count). The van der Waals surface area contributed by atoms with Gasteiger partial charge < -0.3 is 9.84 Å². The molecule has 0 fully saturated rings. The van der Waals surface area contributed by atoms with Crippen molar-refractivity contribution in [2.24, 2.45) is 0 Å². The molecule has 0 spiro atoms. The third-order valence-corrected chi connectivity index (χ3v) is 5.54. The number of amides is 1. The topological polar surface area (TPSA) is 68.0 Å². The van der Waals surface area contributed by atoms with Gasteiger partial charge in [-0.1, -0.05) is 53.7 Å². The van der Waals surface area contributed by atoms with E-state index in [4.69, 9.17) is 4.52 Å². The van der Waals surface area contributed by atoms with Crippen molar-refractivity contribution < 1.29 is 9.32 Å². The predicted octanol–water partition coefficient (Wildman–Crippen LogP) is 5.15. The molecular formula is C22H21N3O2S. The van der Waals surface area contributed by atoms with Gasteiger partial charge in [0.1, 0.15) is 0 Å². The molecule has 142 valence electrons. The second-order valence-electron chi connectivity index (χ2n) is 6.70. The van der Waals surface area contributed by atoms with Gasteiger partial charge in [0.05, 0.1) is 10.9 Å². The summed E-state index contributed by atoms with van der Waals surface area (Å²) < 4.78 is 5.28. The van der Waals surface area contributed by atoms with Gasteiger partial charge in [-0.25, -0.2) is 0 Å². The highest BCUT2D eigenvalue weighted by Crippen LogP contribution is 2.24. The summed E-state index contributed by atoms with van der Waals surface area (Å²) in [5.41, 5.74) is 1.13. The number of hydrogen-bond acceptors (Lipinski definition) is 5. The van der Waals surface area contributed by atoms with Crippen LogP contribution in [0.25, 0.3) is 21.5 Å². The van der Waals surface area contributed by atoms with E-state index < -0.39 is 0 Å². The first-order valence-corrected chi connectivity index (χ1v) is 10.2. The van der Waals surface area contributed by atoms with E-state index in [1.165, 1.54) is 10.8 Å². The van der Waals surface area contributed by atoms with Gasteiger partial charge >= 0.3 is 0 Å². The Hall–Kier alpha value is -2.99. The fourth-order valence-electron chi connectivity index (χ4n) is 3.28. The molecule has 1 amide bonds. The number of nitrogens with zero attached hydrogens (tertiary/aromatic N) is 2. The fraction of sp³-hybridized carbons (Fsp3) is 0.227. The Morgan fingerprint density at radius 3 is 2.86 bits per heavy atom. The first kappa shape index (κ1) is 18.4. The lowest BCUT2D eigenvalue weighted by molar-refractivity contribution is -0.121. The second-order valence-corrected chi connectivity index (χ2v) is 7.65. The minimum absolute atomic E-state index is 0.0263. The van der Waals surface area contributed by atoms with Crippen molar-refractivity contribution in [3.8, 4) is 10.7 Å². The average Bonchev–Trinajstić information content (AvgIpc) is 3.39. The van der Waals surface area contributed by atoms with Crippen molar-refractivity contribution >= 4 is 28.0 Å². The van der Waals surface area contributed by atoms with Crippen molar-refractivity contribution in [2.75, 3.05) is 0 Å². The second kappa shape index (κ2) is 8.35. The molecular weight excluding hydrogens is 370 g/mol. The Balaban J connectivity index is 1.31. The summed E-state index contributed by atoms with van der Waals surface area (Å²) in [4.78, 5) is 17.7. The molecule has 0 aliphatic heterocycles. The van der Waals surface area contributed by atoms with Crippen molar-refractivity contribution in [3.05, 3.63) is 71.4 Å². The number of hydrogen-bond donors (Lipinski definition) is 1. The van der Waals surface area contributed by atoms with Gasteiger partial charge in [-0.15, -0.1) is 11.3 Å². The maximum atomic E-state index is 12.4. The summed E-state index contributed by atoms with van der Waals surface area (Å²) in [6.07, 6.45) is 1.68. The lowest BCUT2D eigenvalue weighted by atomic mass is 9.99. The molecule has 0 bridgehead atoms. The zero-order chi connectivity index (χ0) is 19.3. The Kier molecular flexibility index (Phi) is 5.48. The van der Waals surface area contributed by atoms with Gasteiger partial charge in [0.15, 0.2) is 0 Å². The predicted molar refractivity (Wildman–Crippen MR) is 111 cm³/mol. The van der Waals surface area contributed by atoms with Crippen LogP contribution >= 0.6 is 11.3 Å². The van der Waals surface area contributed by atoms with Crippen LogP contribution in [0.4, 0.5) is 0 Å². The van der Waals surface area contributed by atoms with Crippen molar-refractivity contribution in [1.82, 2.24) is 15.5 Å². The molecule has 6 heteroatoms. The molecule has 1 N–H and O–H groups in total. The first-order valence-electron chi connectivity index (χ1n) is 9.34. The normalized spacial score (nSPS) is 12.2. The number of fused-ring (bicyclic) bond motifs is 1. The van der Waals surface area contributed by atoms with E-state index in [1.54, 1.807) is 11.3 Å². The molecule has 0 aliphatic carbocycles. The molecule has 2 aromatic carbocycles. The third-order valence-electron chi connectivity index (χ3n) is 4.67. The molecule has 5 nitrogen and oxygen atoms in total. The van der Waals surface area contributed by atoms with Crippen molar-refractivity contribution in [2.45, 2.75) is 32.2 Å². The van der Waals surface area contributed by atoms with Crippen LogP contribution in [0.1, 0.15) is 37.3 Å². The van der Waals surface area contributed by atoms with Crippen LogP contribution < -0.4 is 5.32 Å². The Labute approximate surface area is 167 Å². The monoisotopic (exact) mass is 391 g/mol. The summed E-state index contributed by atoms with van der Waals surface area (Å²) in [5.74, 6) is 1.20. The average molecular weight is 391 g/mol. The first-order chi connectivity index (χ1) is 13.7. The standard InChI is InChI=1S/C22H21N3O2S/c1-15(17-10-4-8-16-7-2-3-9-18(16)17)23-20(26)12-5-13-21-24-22(25-27-21)19-11-6-14-28-19/h2-4,6-11,14-15H,5,12-13H2,1H3,(H,23,26). The molecule has 28 heavy (non-hydrogen) atoms. The van der Waals surface area contributed by atoms with Crippen LogP contribution in [-0.2, 0) is 11.2 Å². The van der Waals surface area contributed by atoms with Crippen molar-refractivity contribution in [1.29, 1.82) is 0 Å². The fourth-order valence-corrected chi connectivity index (χ4v) is 3.93. The van der Waals surface area contributed by atoms with E-state index in [-0.39, 0.29) is 11.9 Å². The number of rotatable bonds is 7. The largest absolute Gasteiger partial charge is 0.350 e. The van der Waals surface area contributed by atoms with E-state index >= 15 is 0 Å². The van der Waals surface area contributed by atoms with E-state index in [9.17, 15) is 4.79 Å². The zero-order valence-electron chi connectivity index (χ0n) is 15.6. The zero-order valence-corrected chi connectivity index (χ0v) is 16.4. The van der Waals surface area contributed by atoms with Gasteiger partial charge in [-0.2, -0.15) is 4.98 Å². The Morgan fingerprint density at radius 1 is 1.14 bits per heavy atom. The number of benzene rings is 2. The molecule has 1 atom stereocenters. The molecule has 0 saturated carbocycles. The van der Waals surface area contributed by atoms with Crippen LogP contribution in [0.2, 0.25) is 0 Å². The summed E-state index contributed by atoms with van der Waals surface area (Å²) in [6, 6.07) is 18.3. The number of carbonyl (C=O) groups is 1. The SMILES string of the molecule is CC(NC(=O)CCCc1nc(-c2cccs2)no1)c1cccc2ccccc12. The van der Waals surface area contributed by atoms with Crippen LogP contribution in [-0.4, -0.2) is 16.0 Å². The quantitative estimate of drug-likeness (QED) is 0.473. The Morgan fingerprint density at radius 2 is 2.00 bits per heavy atom. The third kappa shape index (κ3) is 4.12. The highest BCUT2D eigenvalue weighted by molar-refractivity contribution is 7.13. The maximum absolute atomic E-state index is 12.4. The lowest BCUT2D eigenvalue weighted by Crippen LogP contribution is -2.26. The van der Waals surface area contributed by atoms with E-state index in [2.05, 4.69) is 39.7 Å². The molecule has 1 unspecified atom stereocenters. The molecule has 2 aromatic heterocycles. The summed E-state index contributed by atoms with van der Waals surface area (Å²) in [6.45, 7) is 2.02. The number of nitrogens with one attached hydrogen (secondary N) is 1. The van der Waals surface area contributed by atoms with Crippen molar-refractivity contribution in [3.63, 3.8) is 0 Å². The van der Waals surface area contributed by atoms with E-state index in [1.807, 2.05) is 42.6 Å². The molecule has 0 aliphatic rings. The van der Waals surface area contributed by atoms with Crippen LogP contribution in [0.5, 0.6) is 0 Å². The number of aryl methyl sites for hydroxylation is 1. The summed E-state index contributed by atoms with van der Waals surface area (Å²) in [7, 11) is 0. The van der Waals surface area contributed by atoms with Gasteiger partial charge in [-0.3, -0.25) is 4.79 Å².